The summed E-state index contributed by atoms with van der Waals surface area (Å²) >= 11 is 0. The van der Waals surface area contributed by atoms with Crippen molar-refractivity contribution in [1.29, 1.82) is 0 Å². The molecule has 0 saturated heterocycles. The van der Waals surface area contributed by atoms with Gasteiger partial charge in [0.25, 0.3) is 11.4 Å². The van der Waals surface area contributed by atoms with Gasteiger partial charge in [-0.1, -0.05) is 151 Å². The molecule has 2 N–H and O–H groups in total. The Balaban J connectivity index is 1.24. The van der Waals surface area contributed by atoms with Crippen LogP contribution in [0.1, 0.15) is 55.6 Å². The van der Waals surface area contributed by atoms with Crippen molar-refractivity contribution in [3.63, 3.8) is 0 Å². The Morgan fingerprint density at radius 1 is 0.424 bits per heavy atom. The lowest BCUT2D eigenvalue weighted by Gasteiger charge is -2.26. The van der Waals surface area contributed by atoms with E-state index in [9.17, 15) is 9.59 Å². The number of nitrogens with zero attached hydrogens (tertiary/aromatic N) is 3. The molecule has 0 bridgehead atoms. The van der Waals surface area contributed by atoms with Crippen LogP contribution in [0.3, 0.4) is 0 Å². The number of hydrogen-bond donors (Lipinski definition) is 2. The molecule has 0 spiro atoms. The third-order valence-corrected chi connectivity index (χ3v) is 9.26. The van der Waals surface area contributed by atoms with E-state index in [1.165, 1.54) is 23.3 Å². The van der Waals surface area contributed by atoms with Crippen LogP contribution in [0, 0.1) is 27.0 Å². The van der Waals surface area contributed by atoms with Crippen molar-refractivity contribution in [1.82, 2.24) is 0 Å². The molecule has 0 aliphatic heterocycles. The summed E-state index contributed by atoms with van der Waals surface area (Å²) in [4.78, 5) is 30.7. The van der Waals surface area contributed by atoms with E-state index in [1.54, 1.807) is 24.3 Å². The largest absolute Gasteiger partial charge is 0.486 e. The van der Waals surface area contributed by atoms with E-state index >= 15 is 0 Å². The summed E-state index contributed by atoms with van der Waals surface area (Å²) in [6.07, 6.45) is 15.0. The van der Waals surface area contributed by atoms with Crippen molar-refractivity contribution in [2.75, 3.05) is 4.90 Å². The standard InChI is InChI=1S/C52H39N3O4/c1-36-31-37(2)33-45(32-36)18-13-42-23-29-48(30-24-42)55(46-25-19-40(20-26-46)7-5-38-9-14-43(15-10-38)34-49(53-3)51(56)57)47-27-21-41(22-28-47)8-6-39-11-16-44(17-12-39)35-50(54-4)52(58)59/h5-35H,1-2H3,(H,56,57)(H,58,59). The van der Waals surface area contributed by atoms with Gasteiger partial charge in [-0.25, -0.2) is 9.69 Å². The van der Waals surface area contributed by atoms with Crippen LogP contribution in [0.4, 0.5) is 17.1 Å². The van der Waals surface area contributed by atoms with Crippen molar-refractivity contribution < 1.29 is 19.8 Å². The molecule has 6 aromatic rings. The Bertz CT molecular complexity index is 2550. The monoisotopic (exact) mass is 769 g/mol. The molecular formula is C52H39N3O4. The van der Waals surface area contributed by atoms with E-state index in [4.69, 9.17) is 23.4 Å². The van der Waals surface area contributed by atoms with Crippen LogP contribution < -0.4 is 4.90 Å². The summed E-state index contributed by atoms with van der Waals surface area (Å²) < 4.78 is 0. The van der Waals surface area contributed by atoms with Crippen LogP contribution in [0.25, 0.3) is 58.3 Å². The molecule has 0 fully saturated rings. The summed E-state index contributed by atoms with van der Waals surface area (Å²) in [5.74, 6) is -2.50. The van der Waals surface area contributed by atoms with Gasteiger partial charge >= 0.3 is 11.9 Å². The smallest absolute Gasteiger partial charge is 0.333 e. The van der Waals surface area contributed by atoms with Crippen molar-refractivity contribution in [3.05, 3.63) is 229 Å². The molecule has 0 atom stereocenters. The van der Waals surface area contributed by atoms with E-state index in [0.29, 0.717) is 11.1 Å². The molecule has 59 heavy (non-hydrogen) atoms. The van der Waals surface area contributed by atoms with Crippen molar-refractivity contribution in [2.45, 2.75) is 13.8 Å². The second kappa shape index (κ2) is 19.1. The van der Waals surface area contributed by atoms with E-state index in [0.717, 1.165) is 50.4 Å². The minimum atomic E-state index is -1.25. The second-order valence-corrected chi connectivity index (χ2v) is 13.8. The predicted octanol–water partition coefficient (Wildman–Crippen LogP) is 13.0. The van der Waals surface area contributed by atoms with Crippen LogP contribution in [0.2, 0.25) is 0 Å². The average molecular weight is 770 g/mol. The highest BCUT2D eigenvalue weighted by Gasteiger charge is 2.13. The summed E-state index contributed by atoms with van der Waals surface area (Å²) in [7, 11) is 0. The van der Waals surface area contributed by atoms with Crippen LogP contribution >= 0.6 is 0 Å². The lowest BCUT2D eigenvalue weighted by Crippen LogP contribution is -2.09. The molecule has 286 valence electrons. The number of anilines is 3. The average Bonchev–Trinajstić information content (AvgIpc) is 3.24. The highest BCUT2D eigenvalue weighted by molar-refractivity contribution is 5.95. The maximum absolute atomic E-state index is 11.2. The summed E-state index contributed by atoms with van der Waals surface area (Å²) in [5, 5.41) is 18.3. The molecule has 0 unspecified atom stereocenters. The van der Waals surface area contributed by atoms with Gasteiger partial charge in [0, 0.05) is 17.1 Å². The van der Waals surface area contributed by atoms with E-state index in [1.807, 2.05) is 48.6 Å². The number of carbonyl (C=O) groups is 2. The Morgan fingerprint density at radius 3 is 0.949 bits per heavy atom. The molecule has 0 saturated carbocycles. The minimum Gasteiger partial charge on any atom is -0.486 e. The van der Waals surface area contributed by atoms with Crippen LogP contribution in [-0.4, -0.2) is 22.2 Å². The zero-order chi connectivity index (χ0) is 41.7. The van der Waals surface area contributed by atoms with Gasteiger partial charge in [-0.05, 0) is 107 Å². The van der Waals surface area contributed by atoms with Crippen LogP contribution in [0.5, 0.6) is 0 Å². The Labute approximate surface area is 344 Å². The Morgan fingerprint density at radius 2 is 0.678 bits per heavy atom. The lowest BCUT2D eigenvalue weighted by molar-refractivity contribution is -0.133. The number of aliphatic carboxylic acids is 2. The van der Waals surface area contributed by atoms with Gasteiger partial charge in [-0.15, -0.1) is 0 Å². The second-order valence-electron chi connectivity index (χ2n) is 13.8. The van der Waals surface area contributed by atoms with Gasteiger partial charge in [0.1, 0.15) is 0 Å². The van der Waals surface area contributed by atoms with Crippen LogP contribution in [-0.2, 0) is 9.59 Å². The van der Waals surface area contributed by atoms with Crippen molar-refractivity contribution in [2.24, 2.45) is 0 Å². The van der Waals surface area contributed by atoms with Gasteiger partial charge in [-0.3, -0.25) is 9.59 Å². The van der Waals surface area contributed by atoms with Gasteiger partial charge < -0.3 is 15.1 Å². The minimum absolute atomic E-state index is 0.331. The molecule has 0 aliphatic carbocycles. The zero-order valence-corrected chi connectivity index (χ0v) is 32.5. The molecule has 0 aliphatic rings. The predicted molar refractivity (Wildman–Crippen MR) is 241 cm³/mol. The zero-order valence-electron chi connectivity index (χ0n) is 32.5. The lowest BCUT2D eigenvalue weighted by atomic mass is 10.1. The third-order valence-electron chi connectivity index (χ3n) is 9.26. The molecular weight excluding hydrogens is 731 g/mol. The fraction of sp³-hybridized carbons (Fsp3) is 0.0385. The highest BCUT2D eigenvalue weighted by atomic mass is 16.4. The summed E-state index contributed by atoms with van der Waals surface area (Å²) in [5.41, 5.74) is 12.2. The van der Waals surface area contributed by atoms with Crippen LogP contribution in [0.15, 0.2) is 151 Å². The van der Waals surface area contributed by atoms with Gasteiger partial charge in [0.15, 0.2) is 0 Å². The van der Waals surface area contributed by atoms with E-state index in [2.05, 4.69) is 132 Å². The molecule has 0 aromatic heterocycles. The number of carboxylic acid groups (broad SMARTS) is 2. The topological polar surface area (TPSA) is 86.6 Å². The maximum Gasteiger partial charge on any atom is 0.333 e. The Hall–Kier alpha value is -8.26. The quantitative estimate of drug-likeness (QED) is 0.0694. The number of hydrogen-bond acceptors (Lipinski definition) is 3. The van der Waals surface area contributed by atoms with Crippen molar-refractivity contribution >= 4 is 77.6 Å². The molecule has 0 radical (unpaired) electrons. The van der Waals surface area contributed by atoms with E-state index in [-0.39, 0.29) is 11.4 Å². The summed E-state index contributed by atoms with van der Waals surface area (Å²) in [6, 6.07) is 46.3. The van der Waals surface area contributed by atoms with Gasteiger partial charge in [0.2, 0.25) is 0 Å². The first-order valence-electron chi connectivity index (χ1n) is 18.6. The van der Waals surface area contributed by atoms with Gasteiger partial charge in [0.05, 0.1) is 13.1 Å². The van der Waals surface area contributed by atoms with E-state index < -0.39 is 11.9 Å². The number of rotatable bonds is 13. The molecule has 6 aromatic carbocycles. The molecule has 6 rings (SSSR count). The normalized spacial score (nSPS) is 11.8. The highest BCUT2D eigenvalue weighted by Crippen LogP contribution is 2.35. The number of carboxylic acids is 2. The van der Waals surface area contributed by atoms with Crippen molar-refractivity contribution in [3.8, 4) is 0 Å². The molecule has 7 heteroatoms. The fourth-order valence-electron chi connectivity index (χ4n) is 6.34. The fourth-order valence-corrected chi connectivity index (χ4v) is 6.34. The Kier molecular flexibility index (Phi) is 13.1. The first-order valence-corrected chi connectivity index (χ1v) is 18.6. The first-order chi connectivity index (χ1) is 28.6. The molecule has 0 amide bonds. The molecule has 0 heterocycles. The number of aryl methyl sites for hydroxylation is 2. The maximum atomic E-state index is 11.2. The first kappa shape index (κ1) is 40.4. The molecule has 7 nitrogen and oxygen atoms in total. The SMILES string of the molecule is [C-]#[N+]C(=Cc1ccc(C=Cc2ccc(N(c3ccc(C=Cc4ccc(C=C([N+]#[C-])C(=O)O)cc4)cc3)c3ccc(C=Cc4cc(C)cc(C)c4)cc3)cc2)cc1)C(=O)O. The third kappa shape index (κ3) is 11.2. The van der Waals surface area contributed by atoms with Gasteiger partial charge in [-0.2, -0.15) is 0 Å². The summed E-state index contributed by atoms with van der Waals surface area (Å²) in [6.45, 7) is 18.3. The number of benzene rings is 6.